The molecule has 0 bridgehead atoms. The van der Waals surface area contributed by atoms with Crippen molar-refractivity contribution in [2.24, 2.45) is 5.41 Å². The van der Waals surface area contributed by atoms with Crippen molar-refractivity contribution in [3.05, 3.63) is 17.0 Å². The summed E-state index contributed by atoms with van der Waals surface area (Å²) in [6.07, 6.45) is 0.0458. The fourth-order valence-electron chi connectivity index (χ4n) is 1.91. The predicted molar refractivity (Wildman–Crippen MR) is 73.3 cm³/mol. The lowest BCUT2D eigenvalue weighted by molar-refractivity contribution is -0.138. The minimum atomic E-state index is -0.928. The Morgan fingerprint density at radius 1 is 1.35 bits per heavy atom. The van der Waals surface area contributed by atoms with Crippen molar-refractivity contribution >= 4 is 11.9 Å². The molecule has 0 fully saturated rings. The van der Waals surface area contributed by atoms with Gasteiger partial charge in [0, 0.05) is 11.6 Å². The number of aliphatic carboxylic acids is 1. The number of hydrogen-bond donors (Lipinski definition) is 2. The van der Waals surface area contributed by atoms with Gasteiger partial charge in [-0.3, -0.25) is 9.59 Å². The number of aromatic nitrogens is 1. The number of rotatable bonds is 5. The van der Waals surface area contributed by atoms with Gasteiger partial charge < -0.3 is 14.9 Å². The second-order valence-electron chi connectivity index (χ2n) is 6.06. The SMILES string of the molecule is Cc1noc(C)c1CC(=O)NC(CC(=O)O)C(C)(C)C. The van der Waals surface area contributed by atoms with Crippen molar-refractivity contribution < 1.29 is 19.2 Å². The Morgan fingerprint density at radius 2 is 1.95 bits per heavy atom. The Labute approximate surface area is 118 Å². The molecule has 0 aromatic carbocycles. The average molecular weight is 282 g/mol. The smallest absolute Gasteiger partial charge is 0.305 e. The number of carboxylic acid groups (broad SMARTS) is 1. The standard InChI is InChI=1S/C14H22N2O4/c1-8-10(9(2)20-16-8)6-12(17)15-11(7-13(18)19)14(3,4)5/h11H,6-7H2,1-5H3,(H,15,17)(H,18,19). The molecular formula is C14H22N2O4. The molecule has 2 N–H and O–H groups in total. The molecule has 6 nitrogen and oxygen atoms in total. The molecule has 1 amide bonds. The van der Waals surface area contributed by atoms with Crippen molar-refractivity contribution in [2.75, 3.05) is 0 Å². The van der Waals surface area contributed by atoms with E-state index in [0.717, 1.165) is 5.56 Å². The highest BCUT2D eigenvalue weighted by Gasteiger charge is 2.28. The third-order valence-electron chi connectivity index (χ3n) is 3.28. The number of carbonyl (C=O) groups is 2. The maximum Gasteiger partial charge on any atom is 0.305 e. The van der Waals surface area contributed by atoms with Crippen LogP contribution in [0.15, 0.2) is 4.52 Å². The van der Waals surface area contributed by atoms with Gasteiger partial charge in [-0.2, -0.15) is 0 Å². The lowest BCUT2D eigenvalue weighted by Gasteiger charge is -2.30. The molecule has 0 aliphatic carbocycles. The predicted octanol–water partition coefficient (Wildman–Crippen LogP) is 1.84. The molecule has 1 aromatic rings. The van der Waals surface area contributed by atoms with Crippen molar-refractivity contribution in [3.8, 4) is 0 Å². The van der Waals surface area contributed by atoms with Crippen LogP contribution < -0.4 is 5.32 Å². The average Bonchev–Trinajstić information content (AvgIpc) is 2.58. The maximum atomic E-state index is 12.1. The van der Waals surface area contributed by atoms with Gasteiger partial charge in [-0.25, -0.2) is 0 Å². The fourth-order valence-corrected chi connectivity index (χ4v) is 1.91. The normalized spacial score (nSPS) is 13.1. The van der Waals surface area contributed by atoms with Gasteiger partial charge in [0.25, 0.3) is 0 Å². The minimum absolute atomic E-state index is 0.100. The van der Waals surface area contributed by atoms with Gasteiger partial charge in [-0.15, -0.1) is 0 Å². The highest BCUT2D eigenvalue weighted by atomic mass is 16.5. The van der Waals surface area contributed by atoms with Crippen molar-refractivity contribution in [3.63, 3.8) is 0 Å². The van der Waals surface area contributed by atoms with Crippen molar-refractivity contribution in [1.82, 2.24) is 10.5 Å². The molecule has 1 heterocycles. The summed E-state index contributed by atoms with van der Waals surface area (Å²) in [5.41, 5.74) is 1.11. The second kappa shape index (κ2) is 6.07. The van der Waals surface area contributed by atoms with Crippen LogP contribution in [-0.4, -0.2) is 28.2 Å². The van der Waals surface area contributed by atoms with Gasteiger partial charge in [0.15, 0.2) is 0 Å². The van der Waals surface area contributed by atoms with Gasteiger partial charge in [0.2, 0.25) is 5.91 Å². The first-order chi connectivity index (χ1) is 9.11. The second-order valence-corrected chi connectivity index (χ2v) is 6.06. The fraction of sp³-hybridized carbons (Fsp3) is 0.643. The number of aryl methyl sites for hydroxylation is 2. The van der Waals surface area contributed by atoms with Gasteiger partial charge in [0.1, 0.15) is 5.76 Å². The lowest BCUT2D eigenvalue weighted by atomic mass is 9.84. The Kier molecular flexibility index (Phi) is 4.92. The van der Waals surface area contributed by atoms with Crippen LogP contribution in [0.5, 0.6) is 0 Å². The van der Waals surface area contributed by atoms with Gasteiger partial charge in [-0.1, -0.05) is 25.9 Å². The first kappa shape index (κ1) is 16.2. The molecule has 0 saturated heterocycles. The first-order valence-corrected chi connectivity index (χ1v) is 6.54. The summed E-state index contributed by atoms with van der Waals surface area (Å²) in [6.45, 7) is 9.23. The van der Waals surface area contributed by atoms with E-state index >= 15 is 0 Å². The van der Waals surface area contributed by atoms with Gasteiger partial charge in [0.05, 0.1) is 18.5 Å². The summed E-state index contributed by atoms with van der Waals surface area (Å²) >= 11 is 0. The highest BCUT2D eigenvalue weighted by molar-refractivity contribution is 5.80. The van der Waals surface area contributed by atoms with Crippen LogP contribution in [0.3, 0.4) is 0 Å². The Morgan fingerprint density at radius 3 is 2.35 bits per heavy atom. The third kappa shape index (κ3) is 4.36. The van der Waals surface area contributed by atoms with E-state index in [1.807, 2.05) is 20.8 Å². The molecule has 0 spiro atoms. The zero-order chi connectivity index (χ0) is 15.5. The summed E-state index contributed by atoms with van der Waals surface area (Å²) in [5, 5.41) is 15.5. The highest BCUT2D eigenvalue weighted by Crippen LogP contribution is 2.22. The van der Waals surface area contributed by atoms with E-state index in [-0.39, 0.29) is 24.2 Å². The monoisotopic (exact) mass is 282 g/mol. The molecule has 0 radical (unpaired) electrons. The Bertz CT molecular complexity index is 480. The molecule has 6 heteroatoms. The van der Waals surface area contributed by atoms with Crippen LogP contribution in [0.4, 0.5) is 0 Å². The van der Waals surface area contributed by atoms with E-state index in [2.05, 4.69) is 10.5 Å². The van der Waals surface area contributed by atoms with E-state index in [0.29, 0.717) is 11.5 Å². The Balaban J connectivity index is 2.74. The molecule has 1 atom stereocenters. The van der Waals surface area contributed by atoms with Crippen LogP contribution in [0.25, 0.3) is 0 Å². The van der Waals surface area contributed by atoms with Crippen LogP contribution in [0, 0.1) is 19.3 Å². The number of carboxylic acids is 1. The quantitative estimate of drug-likeness (QED) is 0.859. The summed E-state index contributed by atoms with van der Waals surface area (Å²) in [7, 11) is 0. The number of nitrogens with one attached hydrogen (secondary N) is 1. The molecule has 112 valence electrons. The van der Waals surface area contributed by atoms with Crippen LogP contribution in [0.2, 0.25) is 0 Å². The molecule has 1 unspecified atom stereocenters. The molecule has 0 aliphatic heterocycles. The van der Waals surface area contributed by atoms with Crippen molar-refractivity contribution in [2.45, 2.75) is 53.5 Å². The van der Waals surface area contributed by atoms with Crippen molar-refractivity contribution in [1.29, 1.82) is 0 Å². The molecule has 0 saturated carbocycles. The van der Waals surface area contributed by atoms with Gasteiger partial charge >= 0.3 is 5.97 Å². The van der Waals surface area contributed by atoms with Crippen LogP contribution in [0.1, 0.15) is 44.2 Å². The summed E-state index contributed by atoms with van der Waals surface area (Å²) < 4.78 is 5.01. The topological polar surface area (TPSA) is 92.4 Å². The summed E-state index contributed by atoms with van der Waals surface area (Å²) in [6, 6.07) is -0.423. The summed E-state index contributed by atoms with van der Waals surface area (Å²) in [5.74, 6) is -0.536. The zero-order valence-corrected chi connectivity index (χ0v) is 12.6. The van der Waals surface area contributed by atoms with E-state index in [9.17, 15) is 9.59 Å². The van der Waals surface area contributed by atoms with E-state index < -0.39 is 12.0 Å². The third-order valence-corrected chi connectivity index (χ3v) is 3.28. The van der Waals surface area contributed by atoms with Crippen LogP contribution >= 0.6 is 0 Å². The summed E-state index contributed by atoms with van der Waals surface area (Å²) in [4.78, 5) is 23.0. The Hall–Kier alpha value is -1.85. The maximum absolute atomic E-state index is 12.1. The molecule has 20 heavy (non-hydrogen) atoms. The molecule has 0 aliphatic rings. The van der Waals surface area contributed by atoms with Crippen LogP contribution in [-0.2, 0) is 16.0 Å². The number of hydrogen-bond acceptors (Lipinski definition) is 4. The first-order valence-electron chi connectivity index (χ1n) is 6.54. The number of carbonyl (C=O) groups excluding carboxylic acids is 1. The number of nitrogens with zero attached hydrogens (tertiary/aromatic N) is 1. The molecule has 1 rings (SSSR count). The largest absolute Gasteiger partial charge is 0.481 e. The number of amides is 1. The molecule has 1 aromatic heterocycles. The minimum Gasteiger partial charge on any atom is -0.481 e. The van der Waals surface area contributed by atoms with E-state index in [1.165, 1.54) is 0 Å². The lowest BCUT2D eigenvalue weighted by Crippen LogP contribution is -2.45. The van der Waals surface area contributed by atoms with Gasteiger partial charge in [-0.05, 0) is 19.3 Å². The van der Waals surface area contributed by atoms with E-state index in [4.69, 9.17) is 9.63 Å². The zero-order valence-electron chi connectivity index (χ0n) is 12.6. The molecular weight excluding hydrogens is 260 g/mol. The van der Waals surface area contributed by atoms with E-state index in [1.54, 1.807) is 13.8 Å².